The predicted molar refractivity (Wildman–Crippen MR) is 67.1 cm³/mol. The zero-order valence-electron chi connectivity index (χ0n) is 8.80. The molecule has 4 nitrogen and oxygen atoms in total. The molecule has 2 N–H and O–H groups in total. The molecule has 1 aromatic rings. The molecule has 1 rings (SSSR count). The van der Waals surface area contributed by atoms with Gasteiger partial charge in [-0.15, -0.1) is 5.10 Å². The molecular formula is C11H11BN4. The van der Waals surface area contributed by atoms with Gasteiger partial charge < -0.3 is 5.73 Å². The van der Waals surface area contributed by atoms with Gasteiger partial charge in [-0.1, -0.05) is 43.5 Å². The number of anilines is 1. The molecule has 0 aromatic carbocycles. The molecule has 0 aliphatic carbocycles. The lowest BCUT2D eigenvalue weighted by molar-refractivity contribution is 1.00. The highest BCUT2D eigenvalue weighted by Crippen LogP contribution is 2.11. The van der Waals surface area contributed by atoms with Crippen molar-refractivity contribution in [3.63, 3.8) is 0 Å². The second-order valence-electron chi connectivity index (χ2n) is 2.86. The van der Waals surface area contributed by atoms with Gasteiger partial charge in [-0.3, -0.25) is 0 Å². The summed E-state index contributed by atoms with van der Waals surface area (Å²) in [6, 6.07) is 0. The molecule has 0 atom stereocenters. The third-order valence-corrected chi connectivity index (χ3v) is 1.71. The Morgan fingerprint density at radius 3 is 2.62 bits per heavy atom. The van der Waals surface area contributed by atoms with Crippen molar-refractivity contribution in [3.8, 4) is 0 Å². The highest BCUT2D eigenvalue weighted by molar-refractivity contribution is 6.32. The number of aromatic nitrogens is 3. The topological polar surface area (TPSA) is 64.7 Å². The molecule has 2 radical (unpaired) electrons. The third kappa shape index (κ3) is 2.91. The van der Waals surface area contributed by atoms with Crippen LogP contribution in [0.2, 0.25) is 0 Å². The van der Waals surface area contributed by atoms with Gasteiger partial charge in [-0.05, 0) is 0 Å². The minimum atomic E-state index is 0.0752. The van der Waals surface area contributed by atoms with E-state index in [0.717, 1.165) is 5.57 Å². The number of nitrogens with two attached hydrogens (primary N) is 1. The van der Waals surface area contributed by atoms with Crippen LogP contribution in [0.1, 0.15) is 5.69 Å². The van der Waals surface area contributed by atoms with Gasteiger partial charge >= 0.3 is 0 Å². The van der Waals surface area contributed by atoms with Crippen molar-refractivity contribution >= 4 is 25.0 Å². The molecule has 5 heteroatoms. The maximum Gasteiger partial charge on any atom is 0.240 e. The SMILES string of the molecule is [B]c1nnc(N)nc1C(/C=C\C=C)=C/C=C. The number of hydrogen-bond donors (Lipinski definition) is 1. The third-order valence-electron chi connectivity index (χ3n) is 1.71. The highest BCUT2D eigenvalue weighted by Gasteiger charge is 2.05. The zero-order chi connectivity index (χ0) is 12.0. The molecule has 0 aliphatic heterocycles. The first kappa shape index (κ1) is 11.9. The maximum absolute atomic E-state index is 5.67. The number of hydrogen-bond acceptors (Lipinski definition) is 4. The van der Waals surface area contributed by atoms with Gasteiger partial charge in [0.1, 0.15) is 7.85 Å². The molecule has 0 unspecified atom stereocenters. The number of nitrogen functional groups attached to an aromatic ring is 1. The van der Waals surface area contributed by atoms with E-state index in [0.29, 0.717) is 5.69 Å². The van der Waals surface area contributed by atoms with Crippen molar-refractivity contribution in [1.82, 2.24) is 15.2 Å². The van der Waals surface area contributed by atoms with Crippen LogP contribution in [0, 0.1) is 0 Å². The van der Waals surface area contributed by atoms with Crippen LogP contribution in [0.5, 0.6) is 0 Å². The van der Waals surface area contributed by atoms with E-state index in [1.165, 1.54) is 0 Å². The van der Waals surface area contributed by atoms with Crippen molar-refractivity contribution in [1.29, 1.82) is 0 Å². The summed E-state index contributed by atoms with van der Waals surface area (Å²) in [6.07, 6.45) is 8.56. The van der Waals surface area contributed by atoms with Crippen LogP contribution in [0.4, 0.5) is 5.95 Å². The fourth-order valence-electron chi connectivity index (χ4n) is 1.07. The average molecular weight is 210 g/mol. The van der Waals surface area contributed by atoms with E-state index in [2.05, 4.69) is 28.3 Å². The summed E-state index contributed by atoms with van der Waals surface area (Å²) in [7, 11) is 5.67. The molecule has 1 aromatic heterocycles. The van der Waals surface area contributed by atoms with Gasteiger partial charge in [0.05, 0.1) is 5.69 Å². The number of rotatable bonds is 4. The highest BCUT2D eigenvalue weighted by atomic mass is 15.2. The molecule has 16 heavy (non-hydrogen) atoms. The summed E-state index contributed by atoms with van der Waals surface area (Å²) in [5, 5.41) is 7.25. The van der Waals surface area contributed by atoms with E-state index < -0.39 is 0 Å². The molecule has 0 spiro atoms. The van der Waals surface area contributed by atoms with Crippen LogP contribution in [-0.4, -0.2) is 23.0 Å². The summed E-state index contributed by atoms with van der Waals surface area (Å²) >= 11 is 0. The fourth-order valence-corrected chi connectivity index (χ4v) is 1.07. The average Bonchev–Trinajstić information content (AvgIpc) is 2.28. The molecule has 0 aliphatic rings. The maximum atomic E-state index is 5.67. The minimum Gasteiger partial charge on any atom is -0.366 e. The van der Waals surface area contributed by atoms with Crippen LogP contribution < -0.4 is 11.3 Å². The Kier molecular flexibility index (Phi) is 4.21. The van der Waals surface area contributed by atoms with E-state index in [1.807, 2.05) is 0 Å². The predicted octanol–water partition coefficient (Wildman–Crippen LogP) is 0.559. The normalized spacial score (nSPS) is 11.6. The Labute approximate surface area is 95.7 Å². The van der Waals surface area contributed by atoms with E-state index in [1.54, 1.807) is 30.4 Å². The van der Waals surface area contributed by atoms with Gasteiger partial charge in [0, 0.05) is 11.2 Å². The molecule has 78 valence electrons. The lowest BCUT2D eigenvalue weighted by Crippen LogP contribution is -2.19. The van der Waals surface area contributed by atoms with E-state index in [9.17, 15) is 0 Å². The Morgan fingerprint density at radius 2 is 2.00 bits per heavy atom. The van der Waals surface area contributed by atoms with Gasteiger partial charge in [0.15, 0.2) is 0 Å². The fraction of sp³-hybridized carbons (Fsp3) is 0. The summed E-state index contributed by atoms with van der Waals surface area (Å²) < 4.78 is 0. The first-order chi connectivity index (χ1) is 7.69. The smallest absolute Gasteiger partial charge is 0.240 e. The van der Waals surface area contributed by atoms with Gasteiger partial charge in [-0.25, -0.2) is 4.98 Å². The first-order valence-corrected chi connectivity index (χ1v) is 4.57. The van der Waals surface area contributed by atoms with Crippen molar-refractivity contribution in [2.45, 2.75) is 0 Å². The minimum absolute atomic E-state index is 0.0752. The molecule has 0 bridgehead atoms. The lowest BCUT2D eigenvalue weighted by atomic mass is 9.97. The Bertz CT molecular complexity index is 463. The van der Waals surface area contributed by atoms with Crippen molar-refractivity contribution < 1.29 is 0 Å². The standard InChI is InChI=1S/C11H11BN4/c1-3-5-7-8(6-4-2)9-10(12)15-16-11(13)14-9/h3-7H,1-2H2,(H2,13,14,16)/b7-5-,8-6+. The quantitative estimate of drug-likeness (QED) is 0.582. The molecule has 0 amide bonds. The summed E-state index contributed by atoms with van der Waals surface area (Å²) in [5.74, 6) is 0.0752. The Morgan fingerprint density at radius 1 is 1.25 bits per heavy atom. The second-order valence-corrected chi connectivity index (χ2v) is 2.86. The van der Waals surface area contributed by atoms with Crippen LogP contribution in [-0.2, 0) is 0 Å². The molecule has 0 fully saturated rings. The summed E-state index contributed by atoms with van der Waals surface area (Å²) in [5.41, 5.74) is 6.89. The molecular weight excluding hydrogens is 199 g/mol. The molecule has 1 heterocycles. The number of nitrogens with zero attached hydrogens (tertiary/aromatic N) is 3. The molecule has 0 saturated carbocycles. The van der Waals surface area contributed by atoms with E-state index >= 15 is 0 Å². The van der Waals surface area contributed by atoms with Gasteiger partial charge in [0.25, 0.3) is 0 Å². The second kappa shape index (κ2) is 5.65. The summed E-state index contributed by atoms with van der Waals surface area (Å²) in [4.78, 5) is 4.02. The van der Waals surface area contributed by atoms with E-state index in [-0.39, 0.29) is 11.5 Å². The van der Waals surface area contributed by atoms with Crippen LogP contribution in [0.3, 0.4) is 0 Å². The van der Waals surface area contributed by atoms with Crippen LogP contribution >= 0.6 is 0 Å². The largest absolute Gasteiger partial charge is 0.366 e. The monoisotopic (exact) mass is 210 g/mol. The van der Waals surface area contributed by atoms with Crippen LogP contribution in [0.15, 0.2) is 43.5 Å². The lowest BCUT2D eigenvalue weighted by Gasteiger charge is -2.04. The van der Waals surface area contributed by atoms with Gasteiger partial charge in [-0.2, -0.15) is 5.10 Å². The van der Waals surface area contributed by atoms with E-state index in [4.69, 9.17) is 13.6 Å². The van der Waals surface area contributed by atoms with Crippen molar-refractivity contribution in [2.24, 2.45) is 0 Å². The Hall–Kier alpha value is -2.17. The van der Waals surface area contributed by atoms with Crippen LogP contribution in [0.25, 0.3) is 5.57 Å². The Balaban J connectivity index is 3.25. The zero-order valence-corrected chi connectivity index (χ0v) is 8.80. The summed E-state index contributed by atoms with van der Waals surface area (Å²) in [6.45, 7) is 7.20. The van der Waals surface area contributed by atoms with Gasteiger partial charge in [0.2, 0.25) is 5.95 Å². The van der Waals surface area contributed by atoms with Crippen molar-refractivity contribution in [2.75, 3.05) is 5.73 Å². The first-order valence-electron chi connectivity index (χ1n) is 4.57. The van der Waals surface area contributed by atoms with Crippen molar-refractivity contribution in [3.05, 3.63) is 49.2 Å². The molecule has 0 saturated heterocycles. The number of allylic oxidation sites excluding steroid dienone is 6.